The SMILES string of the molecule is C1CC1.C=C(/C=C\N=C(C)C)CC.CCC. The highest BCUT2D eigenvalue weighted by atomic mass is 14.7. The molecule has 1 nitrogen and oxygen atoms in total. The van der Waals surface area contributed by atoms with Crippen molar-refractivity contribution < 1.29 is 0 Å². The van der Waals surface area contributed by atoms with Gasteiger partial charge in [-0.1, -0.05) is 58.6 Å². The van der Waals surface area contributed by atoms with E-state index in [9.17, 15) is 0 Å². The largest absolute Gasteiger partial charge is 0.266 e. The van der Waals surface area contributed by atoms with Crippen LogP contribution in [0.3, 0.4) is 0 Å². The molecule has 1 rings (SSSR count). The fraction of sp³-hybridized carbons (Fsp3) is 0.667. The molecule has 0 aliphatic heterocycles. The molecule has 0 saturated heterocycles. The van der Waals surface area contributed by atoms with Crippen LogP contribution in [-0.2, 0) is 0 Å². The van der Waals surface area contributed by atoms with Gasteiger partial charge in [-0.3, -0.25) is 4.99 Å². The Labute approximate surface area is 102 Å². The van der Waals surface area contributed by atoms with Crippen LogP contribution in [0.1, 0.15) is 66.7 Å². The quantitative estimate of drug-likeness (QED) is 0.440. The number of hydrogen-bond acceptors (Lipinski definition) is 1. The maximum absolute atomic E-state index is 4.09. The molecule has 0 heterocycles. The van der Waals surface area contributed by atoms with Gasteiger partial charge >= 0.3 is 0 Å². The maximum Gasteiger partial charge on any atom is 0.0269 e. The number of allylic oxidation sites excluding steroid dienone is 2. The summed E-state index contributed by atoms with van der Waals surface area (Å²) in [6.07, 6.45) is 10.5. The van der Waals surface area contributed by atoms with Crippen molar-refractivity contribution in [3.63, 3.8) is 0 Å². The van der Waals surface area contributed by atoms with Gasteiger partial charge in [-0.25, -0.2) is 0 Å². The third-order valence-corrected chi connectivity index (χ3v) is 1.45. The standard InChI is InChI=1S/C9H15N.C3H6.C3H8/c1-5-9(4)6-7-10-8(2)3;1-2-3-1;1-3-2/h6-7H,4-5H2,1-3H3;1-3H2;3H2,1-2H3/b7-6-;;. The van der Waals surface area contributed by atoms with Crippen molar-refractivity contribution >= 4 is 5.71 Å². The predicted octanol–water partition coefficient (Wildman–Crippen LogP) is 5.53. The van der Waals surface area contributed by atoms with Crippen molar-refractivity contribution in [3.8, 4) is 0 Å². The molecule has 1 aliphatic rings. The lowest BCUT2D eigenvalue weighted by Gasteiger charge is -1.88. The first-order valence-corrected chi connectivity index (χ1v) is 6.43. The zero-order valence-corrected chi connectivity index (χ0v) is 11.8. The summed E-state index contributed by atoms with van der Waals surface area (Å²) in [7, 11) is 0. The molecule has 0 aromatic heterocycles. The van der Waals surface area contributed by atoms with Crippen LogP contribution >= 0.6 is 0 Å². The van der Waals surface area contributed by atoms with Gasteiger partial charge in [0.25, 0.3) is 0 Å². The molecule has 0 atom stereocenters. The molecule has 1 saturated carbocycles. The molecule has 0 N–H and O–H groups in total. The summed E-state index contributed by atoms with van der Waals surface area (Å²) in [5.74, 6) is 0. The summed E-state index contributed by atoms with van der Waals surface area (Å²) in [4.78, 5) is 4.09. The maximum atomic E-state index is 4.09. The second kappa shape index (κ2) is 14.2. The van der Waals surface area contributed by atoms with Gasteiger partial charge in [0.15, 0.2) is 0 Å². The average molecular weight is 223 g/mol. The highest BCUT2D eigenvalue weighted by molar-refractivity contribution is 5.79. The monoisotopic (exact) mass is 223 g/mol. The molecule has 0 bridgehead atoms. The van der Waals surface area contributed by atoms with Crippen LogP contribution < -0.4 is 0 Å². The van der Waals surface area contributed by atoms with E-state index in [0.717, 1.165) is 17.7 Å². The fourth-order valence-corrected chi connectivity index (χ4v) is 0.410. The van der Waals surface area contributed by atoms with Gasteiger partial charge in [0.1, 0.15) is 0 Å². The average Bonchev–Trinajstić information content (AvgIpc) is 3.05. The van der Waals surface area contributed by atoms with Crippen LogP contribution in [0.15, 0.2) is 29.4 Å². The molecule has 1 fully saturated rings. The summed E-state index contributed by atoms with van der Waals surface area (Å²) < 4.78 is 0. The summed E-state index contributed by atoms with van der Waals surface area (Å²) in [5.41, 5.74) is 2.19. The van der Waals surface area contributed by atoms with E-state index in [1.54, 1.807) is 6.20 Å². The second-order valence-corrected chi connectivity index (χ2v) is 4.17. The Bertz CT molecular complexity index is 203. The third-order valence-electron chi connectivity index (χ3n) is 1.45. The molecule has 0 radical (unpaired) electrons. The molecule has 16 heavy (non-hydrogen) atoms. The Morgan fingerprint density at radius 3 is 1.81 bits per heavy atom. The zero-order chi connectivity index (χ0) is 12.8. The van der Waals surface area contributed by atoms with Crippen molar-refractivity contribution in [2.45, 2.75) is 66.7 Å². The Balaban J connectivity index is 0. The molecule has 0 spiro atoms. The van der Waals surface area contributed by atoms with E-state index in [4.69, 9.17) is 0 Å². The minimum Gasteiger partial charge on any atom is -0.266 e. The Hall–Kier alpha value is -0.850. The third kappa shape index (κ3) is 29.2. The lowest BCUT2D eigenvalue weighted by Crippen LogP contribution is -1.76. The molecule has 0 amide bonds. The highest BCUT2D eigenvalue weighted by Crippen LogP contribution is 2.14. The summed E-state index contributed by atoms with van der Waals surface area (Å²) in [5, 5.41) is 0. The molecule has 0 aromatic carbocycles. The van der Waals surface area contributed by atoms with Crippen molar-refractivity contribution in [2.24, 2.45) is 4.99 Å². The van der Waals surface area contributed by atoms with E-state index in [1.165, 1.54) is 25.7 Å². The minimum absolute atomic E-state index is 0.995. The smallest absolute Gasteiger partial charge is 0.0269 e. The number of nitrogens with zero attached hydrogens (tertiary/aromatic N) is 1. The van der Waals surface area contributed by atoms with Crippen LogP contribution in [0.25, 0.3) is 0 Å². The fourth-order valence-electron chi connectivity index (χ4n) is 0.410. The summed E-state index contributed by atoms with van der Waals surface area (Å²) in [6, 6.07) is 0. The topological polar surface area (TPSA) is 12.4 Å². The normalized spacial score (nSPS) is 11.8. The number of rotatable bonds is 3. The van der Waals surface area contributed by atoms with Gasteiger partial charge in [-0.05, 0) is 26.3 Å². The summed E-state index contributed by atoms with van der Waals surface area (Å²) in [6.45, 7) is 14.1. The van der Waals surface area contributed by atoms with Crippen LogP contribution in [-0.4, -0.2) is 5.71 Å². The van der Waals surface area contributed by atoms with Gasteiger partial charge < -0.3 is 0 Å². The first-order chi connectivity index (χ1) is 7.58. The number of aliphatic imine (C=N–C) groups is 1. The lowest BCUT2D eigenvalue weighted by atomic mass is 10.2. The second-order valence-electron chi connectivity index (χ2n) is 4.17. The molecular weight excluding hydrogens is 194 g/mol. The van der Waals surface area contributed by atoms with Crippen LogP contribution in [0, 0.1) is 0 Å². The van der Waals surface area contributed by atoms with Gasteiger partial charge in [0.2, 0.25) is 0 Å². The van der Waals surface area contributed by atoms with Gasteiger partial charge in [-0.15, -0.1) is 0 Å². The van der Waals surface area contributed by atoms with E-state index in [1.807, 2.05) is 19.9 Å². The van der Waals surface area contributed by atoms with E-state index in [0.29, 0.717) is 0 Å². The van der Waals surface area contributed by atoms with E-state index in [-0.39, 0.29) is 0 Å². The van der Waals surface area contributed by atoms with Crippen LogP contribution in [0.4, 0.5) is 0 Å². The van der Waals surface area contributed by atoms with Crippen molar-refractivity contribution in [2.75, 3.05) is 0 Å². The number of hydrogen-bond donors (Lipinski definition) is 0. The molecular formula is C15H29N. The van der Waals surface area contributed by atoms with Gasteiger partial charge in [-0.2, -0.15) is 0 Å². The Kier molecular flexibility index (Phi) is 15.5. The van der Waals surface area contributed by atoms with Gasteiger partial charge in [0, 0.05) is 11.9 Å². The van der Waals surface area contributed by atoms with E-state index in [2.05, 4.69) is 32.3 Å². The van der Waals surface area contributed by atoms with Crippen molar-refractivity contribution in [3.05, 3.63) is 24.4 Å². The summed E-state index contributed by atoms with van der Waals surface area (Å²) >= 11 is 0. The van der Waals surface area contributed by atoms with Crippen LogP contribution in [0.5, 0.6) is 0 Å². The molecule has 0 aromatic rings. The first-order valence-electron chi connectivity index (χ1n) is 6.43. The molecule has 1 heteroatoms. The van der Waals surface area contributed by atoms with Crippen molar-refractivity contribution in [1.29, 1.82) is 0 Å². The predicted molar refractivity (Wildman–Crippen MR) is 77.2 cm³/mol. The zero-order valence-electron chi connectivity index (χ0n) is 11.8. The lowest BCUT2D eigenvalue weighted by molar-refractivity contribution is 1.09. The Morgan fingerprint density at radius 2 is 1.56 bits per heavy atom. The van der Waals surface area contributed by atoms with Crippen LogP contribution in [0.2, 0.25) is 0 Å². The highest BCUT2D eigenvalue weighted by Gasteiger charge is 1.95. The molecule has 1 aliphatic carbocycles. The van der Waals surface area contributed by atoms with E-state index >= 15 is 0 Å². The molecule has 94 valence electrons. The molecule has 0 unspecified atom stereocenters. The first kappa shape index (κ1) is 17.5. The minimum atomic E-state index is 0.995. The van der Waals surface area contributed by atoms with Gasteiger partial charge in [0.05, 0.1) is 0 Å². The van der Waals surface area contributed by atoms with Crippen molar-refractivity contribution in [1.82, 2.24) is 0 Å². The van der Waals surface area contributed by atoms with E-state index < -0.39 is 0 Å². The Morgan fingerprint density at radius 1 is 1.12 bits per heavy atom.